The lowest BCUT2D eigenvalue weighted by Crippen LogP contribution is -2.17. The van der Waals surface area contributed by atoms with Crippen LogP contribution in [0.5, 0.6) is 0 Å². The summed E-state index contributed by atoms with van der Waals surface area (Å²) in [5.74, 6) is 4.75. The Morgan fingerprint density at radius 2 is 1.70 bits per heavy atom. The SMILES string of the molecule is C#CC(=O)/C=C\C(C)C[C@H]1CC=C(CC=C)O1.C=C=C(SCCC)C(C)(C)C.CC.CC(C)(C)C(=O)SCCO.CCO.[HH].[HH]. The summed E-state index contributed by atoms with van der Waals surface area (Å²) < 4.78 is 5.74. The van der Waals surface area contributed by atoms with Crippen molar-refractivity contribution < 1.29 is 27.4 Å². The van der Waals surface area contributed by atoms with Crippen LogP contribution in [-0.2, 0) is 14.3 Å². The first kappa shape index (κ1) is 48.0. The Hall–Kier alpha value is -1.94. The lowest BCUT2D eigenvalue weighted by atomic mass is 9.97. The number of carbonyl (C=O) groups is 2. The number of rotatable bonds is 11. The fraction of sp³-hybridized carbons (Fsp3) is 0.639. The number of terminal acetylenes is 1. The molecule has 0 aliphatic carbocycles. The summed E-state index contributed by atoms with van der Waals surface area (Å²) in [6, 6.07) is 0. The number of allylic oxidation sites excluding steroid dienone is 4. The molecule has 0 radical (unpaired) electrons. The van der Waals surface area contributed by atoms with Crippen molar-refractivity contribution in [2.24, 2.45) is 16.7 Å². The number of ketones is 1. The number of hydrogen-bond acceptors (Lipinski definition) is 7. The van der Waals surface area contributed by atoms with E-state index >= 15 is 0 Å². The molecule has 1 unspecified atom stereocenters. The average Bonchev–Trinajstić information content (AvgIpc) is 3.38. The molecule has 0 saturated carbocycles. The van der Waals surface area contributed by atoms with E-state index in [9.17, 15) is 9.59 Å². The lowest BCUT2D eigenvalue weighted by Gasteiger charge is -2.19. The predicted molar refractivity (Wildman–Crippen MR) is 196 cm³/mol. The van der Waals surface area contributed by atoms with Gasteiger partial charge in [0, 0.05) is 43.8 Å². The van der Waals surface area contributed by atoms with Crippen LogP contribution >= 0.6 is 23.5 Å². The van der Waals surface area contributed by atoms with Crippen molar-refractivity contribution in [2.45, 2.75) is 108 Å². The van der Waals surface area contributed by atoms with Gasteiger partial charge in [-0.15, -0.1) is 30.5 Å². The Morgan fingerprint density at radius 1 is 1.14 bits per heavy atom. The maximum Gasteiger partial charge on any atom is 0.228 e. The highest BCUT2D eigenvalue weighted by Crippen LogP contribution is 2.33. The van der Waals surface area contributed by atoms with Gasteiger partial charge in [0.05, 0.1) is 12.4 Å². The highest BCUT2D eigenvalue weighted by molar-refractivity contribution is 8.13. The Kier molecular flexibility index (Phi) is 33.6. The molecule has 0 aromatic rings. The van der Waals surface area contributed by atoms with E-state index in [1.54, 1.807) is 6.92 Å². The number of ether oxygens (including phenoxy) is 1. The van der Waals surface area contributed by atoms with Gasteiger partial charge in [-0.1, -0.05) is 99.7 Å². The molecule has 1 aliphatic rings. The lowest BCUT2D eigenvalue weighted by molar-refractivity contribution is -0.117. The minimum atomic E-state index is -0.283. The van der Waals surface area contributed by atoms with Crippen LogP contribution in [0.1, 0.15) is 105 Å². The van der Waals surface area contributed by atoms with E-state index in [2.05, 4.69) is 65.5 Å². The standard InChI is InChI=1S/C15H18O2.C10H18S.C7H14O2S.C2H6O.C2H6.2H2/c1-4-6-14-9-10-15(17-14)11-12(3)7-8-13(16)5-2;1-6-8-11-9(7-2)10(3,4)5;1-7(2,3)6(9)10-5-4-8;1-2-3;1-2;;/h2,4,7-9,12,15H,1,6,10-11H2,3H3;2,6,8H2,1,3-5H3;8H,4-5H2,1-3H3;3H,2H2,1H3;1-2H3;2*1H/b8-7-;;;;;;/t12?,15-;;;;;;/m1....../s1. The maximum atomic E-state index is 11.1. The van der Waals surface area contributed by atoms with E-state index in [1.165, 1.54) is 34.9 Å². The molecule has 252 valence electrons. The van der Waals surface area contributed by atoms with Crippen molar-refractivity contribution in [2.75, 3.05) is 24.7 Å². The van der Waals surface area contributed by atoms with Crippen molar-refractivity contribution in [3.8, 4) is 12.3 Å². The summed E-state index contributed by atoms with van der Waals surface area (Å²) in [6.07, 6.45) is 16.3. The molecule has 1 rings (SSSR count). The number of thioether (sulfide) groups is 2. The fourth-order valence-electron chi connectivity index (χ4n) is 2.88. The van der Waals surface area contributed by atoms with Gasteiger partial charge >= 0.3 is 0 Å². The van der Waals surface area contributed by atoms with Gasteiger partial charge in [0.25, 0.3) is 0 Å². The smallest absolute Gasteiger partial charge is 0.228 e. The Morgan fingerprint density at radius 3 is 2.09 bits per heavy atom. The summed E-state index contributed by atoms with van der Waals surface area (Å²) in [5, 5.41) is 16.1. The van der Waals surface area contributed by atoms with E-state index in [4.69, 9.17) is 21.4 Å². The maximum absolute atomic E-state index is 11.1. The van der Waals surface area contributed by atoms with Crippen molar-refractivity contribution in [3.05, 3.63) is 53.9 Å². The van der Waals surface area contributed by atoms with Crippen LogP contribution < -0.4 is 0 Å². The third-order valence-electron chi connectivity index (χ3n) is 4.85. The summed E-state index contributed by atoms with van der Waals surface area (Å²) >= 11 is 3.07. The number of hydrogen-bond donors (Lipinski definition) is 2. The molecule has 0 aromatic heterocycles. The van der Waals surface area contributed by atoms with Gasteiger partial charge in [-0.3, -0.25) is 9.59 Å². The van der Waals surface area contributed by atoms with Crippen LogP contribution in [0.2, 0.25) is 0 Å². The van der Waals surface area contributed by atoms with Crippen molar-refractivity contribution in [1.29, 1.82) is 0 Å². The van der Waals surface area contributed by atoms with Gasteiger partial charge in [-0.05, 0) is 49.5 Å². The van der Waals surface area contributed by atoms with E-state index in [-0.39, 0.29) is 49.8 Å². The molecular weight excluding hydrogens is 577 g/mol. The second-order valence-electron chi connectivity index (χ2n) is 11.2. The molecule has 0 aromatic carbocycles. The quantitative estimate of drug-likeness (QED) is 0.0763. The van der Waals surface area contributed by atoms with E-state index in [1.807, 2.05) is 58.5 Å². The molecule has 43 heavy (non-hydrogen) atoms. The monoisotopic (exact) mass is 642 g/mol. The number of carbonyl (C=O) groups excluding carboxylic acids is 2. The first-order valence-electron chi connectivity index (χ1n) is 15.1. The van der Waals surface area contributed by atoms with Crippen LogP contribution in [0.15, 0.2) is 53.9 Å². The minimum absolute atomic E-state index is 0. The zero-order valence-electron chi connectivity index (χ0n) is 29.0. The fourth-order valence-corrected chi connectivity index (χ4v) is 4.53. The zero-order chi connectivity index (χ0) is 34.5. The molecule has 0 spiro atoms. The third-order valence-corrected chi connectivity index (χ3v) is 7.77. The largest absolute Gasteiger partial charge is 0.494 e. The highest BCUT2D eigenvalue weighted by Gasteiger charge is 2.21. The van der Waals surface area contributed by atoms with Gasteiger partial charge in [0.2, 0.25) is 5.78 Å². The predicted octanol–water partition coefficient (Wildman–Crippen LogP) is 9.67. The molecular formula is C36H66O5S2. The first-order chi connectivity index (χ1) is 20.1. The molecule has 7 heteroatoms. The van der Waals surface area contributed by atoms with Crippen LogP contribution in [-0.4, -0.2) is 51.9 Å². The molecule has 0 amide bonds. The topological polar surface area (TPSA) is 83.8 Å². The first-order valence-corrected chi connectivity index (χ1v) is 17.1. The van der Waals surface area contributed by atoms with Crippen molar-refractivity contribution in [3.63, 3.8) is 0 Å². The zero-order valence-corrected chi connectivity index (χ0v) is 30.7. The van der Waals surface area contributed by atoms with Crippen LogP contribution in [0.4, 0.5) is 0 Å². The molecule has 0 fully saturated rings. The molecule has 0 saturated heterocycles. The highest BCUT2D eigenvalue weighted by atomic mass is 32.2. The summed E-state index contributed by atoms with van der Waals surface area (Å²) in [7, 11) is 0. The van der Waals surface area contributed by atoms with Gasteiger partial charge in [-0.25, -0.2) is 0 Å². The van der Waals surface area contributed by atoms with Crippen LogP contribution in [0.25, 0.3) is 0 Å². The molecule has 2 N–H and O–H groups in total. The Bertz CT molecular complexity index is 904. The molecule has 2 atom stereocenters. The van der Waals surface area contributed by atoms with Crippen LogP contribution in [0.3, 0.4) is 0 Å². The molecule has 5 nitrogen and oxygen atoms in total. The third kappa shape index (κ3) is 31.3. The number of aliphatic hydroxyl groups excluding tert-OH is 2. The van der Waals surface area contributed by atoms with E-state index in [0.29, 0.717) is 5.75 Å². The second kappa shape index (κ2) is 30.1. The summed E-state index contributed by atoms with van der Waals surface area (Å²) in [6.45, 7) is 29.8. The van der Waals surface area contributed by atoms with Gasteiger partial charge in [0.15, 0.2) is 5.12 Å². The number of aliphatic hydroxyl groups is 2. The van der Waals surface area contributed by atoms with Crippen LogP contribution in [0, 0.1) is 29.1 Å². The second-order valence-corrected chi connectivity index (χ2v) is 13.4. The molecule has 1 aliphatic heterocycles. The molecule has 1 heterocycles. The normalized spacial score (nSPS) is 14.1. The molecule has 0 bridgehead atoms. The Labute approximate surface area is 276 Å². The van der Waals surface area contributed by atoms with Crippen molar-refractivity contribution >= 4 is 34.4 Å². The minimum Gasteiger partial charge on any atom is -0.494 e. The van der Waals surface area contributed by atoms with E-state index < -0.39 is 0 Å². The average molecular weight is 643 g/mol. The van der Waals surface area contributed by atoms with Gasteiger partial charge in [-0.2, -0.15) is 0 Å². The summed E-state index contributed by atoms with van der Waals surface area (Å²) in [5.41, 5.74) is 2.95. The van der Waals surface area contributed by atoms with Gasteiger partial charge in [0.1, 0.15) is 6.10 Å². The summed E-state index contributed by atoms with van der Waals surface area (Å²) in [4.78, 5) is 23.3. The van der Waals surface area contributed by atoms with Crippen molar-refractivity contribution in [1.82, 2.24) is 0 Å². The Balaban J connectivity index is -0.000000120. The van der Waals surface area contributed by atoms with E-state index in [0.717, 1.165) is 25.0 Å². The van der Waals surface area contributed by atoms with Gasteiger partial charge < -0.3 is 14.9 Å².